The van der Waals surface area contributed by atoms with E-state index in [9.17, 15) is 0 Å². The molecule has 1 N–H and O–H groups in total. The first-order valence-electron chi connectivity index (χ1n) is 5.31. The van der Waals surface area contributed by atoms with Crippen LogP contribution in [0.2, 0.25) is 0 Å². The third kappa shape index (κ3) is 1.57. The Morgan fingerprint density at radius 1 is 1.20 bits per heavy atom. The minimum Gasteiger partial charge on any atom is -0.378 e. The highest BCUT2D eigenvalue weighted by Crippen LogP contribution is 2.23. The van der Waals surface area contributed by atoms with Crippen molar-refractivity contribution in [2.75, 3.05) is 31.2 Å². The summed E-state index contributed by atoms with van der Waals surface area (Å²) in [6.07, 6.45) is 1.66. The molecule has 1 aromatic rings. The number of rotatable bonds is 1. The van der Waals surface area contributed by atoms with Crippen LogP contribution in [0.15, 0.2) is 6.33 Å². The molecule has 0 spiro atoms. The van der Waals surface area contributed by atoms with Crippen LogP contribution in [-0.2, 0) is 17.8 Å². The third-order valence-electron chi connectivity index (χ3n) is 2.92. The SMILES string of the molecule is c1nc2c(c(N3CCOCC3)n1)CNC2. The normalized spacial score (nSPS) is 20.4. The van der Waals surface area contributed by atoms with Crippen molar-refractivity contribution in [2.45, 2.75) is 13.1 Å². The largest absolute Gasteiger partial charge is 0.378 e. The predicted octanol–water partition coefficient (Wildman–Crippen LogP) is -0.0836. The number of ether oxygens (including phenoxy) is 1. The highest BCUT2D eigenvalue weighted by Gasteiger charge is 2.21. The Morgan fingerprint density at radius 2 is 2.07 bits per heavy atom. The van der Waals surface area contributed by atoms with Crippen LogP contribution in [-0.4, -0.2) is 36.3 Å². The molecule has 0 bridgehead atoms. The molecule has 15 heavy (non-hydrogen) atoms. The molecule has 0 amide bonds. The summed E-state index contributed by atoms with van der Waals surface area (Å²) < 4.78 is 5.34. The highest BCUT2D eigenvalue weighted by atomic mass is 16.5. The maximum absolute atomic E-state index is 5.34. The van der Waals surface area contributed by atoms with Crippen LogP contribution >= 0.6 is 0 Å². The first-order valence-corrected chi connectivity index (χ1v) is 5.31. The minimum absolute atomic E-state index is 0.798. The smallest absolute Gasteiger partial charge is 0.136 e. The fourth-order valence-corrected chi connectivity index (χ4v) is 2.13. The van der Waals surface area contributed by atoms with Crippen LogP contribution < -0.4 is 10.2 Å². The van der Waals surface area contributed by atoms with Gasteiger partial charge in [0, 0.05) is 31.7 Å². The van der Waals surface area contributed by atoms with Crippen molar-refractivity contribution in [1.82, 2.24) is 15.3 Å². The van der Waals surface area contributed by atoms with Crippen molar-refractivity contribution < 1.29 is 4.74 Å². The maximum atomic E-state index is 5.34. The Morgan fingerprint density at radius 3 is 2.93 bits per heavy atom. The molecule has 1 fully saturated rings. The Hall–Kier alpha value is -1.20. The van der Waals surface area contributed by atoms with Crippen LogP contribution in [0.5, 0.6) is 0 Å². The van der Waals surface area contributed by atoms with Gasteiger partial charge in [0.2, 0.25) is 0 Å². The van der Waals surface area contributed by atoms with E-state index in [0.717, 1.165) is 50.9 Å². The summed E-state index contributed by atoms with van der Waals surface area (Å²) in [4.78, 5) is 11.0. The lowest BCUT2D eigenvalue weighted by Gasteiger charge is -2.28. The van der Waals surface area contributed by atoms with Gasteiger partial charge >= 0.3 is 0 Å². The molecule has 0 unspecified atom stereocenters. The molecular formula is C10H14N4O. The second-order valence-electron chi connectivity index (χ2n) is 3.83. The first-order chi connectivity index (χ1) is 7.45. The van der Waals surface area contributed by atoms with Gasteiger partial charge in [-0.05, 0) is 0 Å². The summed E-state index contributed by atoms with van der Waals surface area (Å²) in [5.41, 5.74) is 2.41. The summed E-state index contributed by atoms with van der Waals surface area (Å²) in [5.74, 6) is 1.09. The average molecular weight is 206 g/mol. The zero-order valence-electron chi connectivity index (χ0n) is 8.57. The van der Waals surface area contributed by atoms with Crippen molar-refractivity contribution in [3.63, 3.8) is 0 Å². The molecule has 0 aliphatic carbocycles. The first kappa shape index (κ1) is 9.06. The summed E-state index contributed by atoms with van der Waals surface area (Å²) in [6.45, 7) is 5.23. The number of hydrogen-bond donors (Lipinski definition) is 1. The number of hydrogen-bond acceptors (Lipinski definition) is 5. The van der Waals surface area contributed by atoms with Crippen LogP contribution in [0.4, 0.5) is 5.82 Å². The lowest BCUT2D eigenvalue weighted by molar-refractivity contribution is 0.122. The van der Waals surface area contributed by atoms with Crippen LogP contribution in [0.1, 0.15) is 11.3 Å². The van der Waals surface area contributed by atoms with Crippen molar-refractivity contribution in [3.05, 3.63) is 17.6 Å². The van der Waals surface area contributed by atoms with E-state index >= 15 is 0 Å². The average Bonchev–Trinajstić information content (AvgIpc) is 2.78. The van der Waals surface area contributed by atoms with E-state index in [1.807, 2.05) is 0 Å². The van der Waals surface area contributed by atoms with Crippen molar-refractivity contribution in [1.29, 1.82) is 0 Å². The van der Waals surface area contributed by atoms with Gasteiger partial charge in [0.25, 0.3) is 0 Å². The molecule has 80 valence electrons. The van der Waals surface area contributed by atoms with Gasteiger partial charge in [-0.1, -0.05) is 0 Å². The minimum atomic E-state index is 0.798. The number of morpholine rings is 1. The number of anilines is 1. The molecule has 5 heteroatoms. The molecule has 2 aliphatic rings. The van der Waals surface area contributed by atoms with Gasteiger partial charge in [0.15, 0.2) is 0 Å². The van der Waals surface area contributed by atoms with Crippen LogP contribution in [0, 0.1) is 0 Å². The molecule has 3 heterocycles. The molecule has 1 aromatic heterocycles. The zero-order valence-corrected chi connectivity index (χ0v) is 8.57. The number of nitrogens with one attached hydrogen (secondary N) is 1. The van der Waals surface area contributed by atoms with Gasteiger partial charge in [0.1, 0.15) is 12.1 Å². The topological polar surface area (TPSA) is 50.3 Å². The lowest BCUT2D eigenvalue weighted by Crippen LogP contribution is -2.37. The quantitative estimate of drug-likeness (QED) is 0.696. The van der Waals surface area contributed by atoms with Crippen molar-refractivity contribution >= 4 is 5.82 Å². The highest BCUT2D eigenvalue weighted by molar-refractivity contribution is 5.50. The van der Waals surface area contributed by atoms with Crippen molar-refractivity contribution in [2.24, 2.45) is 0 Å². The molecule has 5 nitrogen and oxygen atoms in total. The molecular weight excluding hydrogens is 192 g/mol. The lowest BCUT2D eigenvalue weighted by atomic mass is 10.2. The fraction of sp³-hybridized carbons (Fsp3) is 0.600. The summed E-state index contributed by atoms with van der Waals surface area (Å²) >= 11 is 0. The van der Waals surface area contributed by atoms with Crippen LogP contribution in [0.25, 0.3) is 0 Å². The standard InChI is InChI=1S/C10H14N4O/c1-3-15-4-2-14(1)10-8-5-11-6-9(8)12-7-13-10/h7,11H,1-6H2. The van der Waals surface area contributed by atoms with E-state index in [1.165, 1.54) is 5.56 Å². The molecule has 0 radical (unpaired) electrons. The second kappa shape index (κ2) is 3.75. The van der Waals surface area contributed by atoms with E-state index in [-0.39, 0.29) is 0 Å². The van der Waals surface area contributed by atoms with Gasteiger partial charge in [0.05, 0.1) is 18.9 Å². The second-order valence-corrected chi connectivity index (χ2v) is 3.83. The van der Waals surface area contributed by atoms with Gasteiger partial charge in [-0.3, -0.25) is 0 Å². The van der Waals surface area contributed by atoms with Gasteiger partial charge in [-0.15, -0.1) is 0 Å². The van der Waals surface area contributed by atoms with E-state index in [2.05, 4.69) is 20.2 Å². The van der Waals surface area contributed by atoms with Crippen LogP contribution in [0.3, 0.4) is 0 Å². The van der Waals surface area contributed by atoms with Gasteiger partial charge in [-0.25, -0.2) is 9.97 Å². The number of aromatic nitrogens is 2. The molecule has 0 saturated carbocycles. The molecule has 0 aromatic carbocycles. The Kier molecular flexibility index (Phi) is 2.26. The Labute approximate surface area is 88.5 Å². The van der Waals surface area contributed by atoms with Gasteiger partial charge < -0.3 is 15.0 Å². The summed E-state index contributed by atoms with van der Waals surface area (Å²) in [7, 11) is 0. The fourth-order valence-electron chi connectivity index (χ4n) is 2.13. The molecule has 1 saturated heterocycles. The Bertz CT molecular complexity index is 362. The number of fused-ring (bicyclic) bond motifs is 1. The number of nitrogens with zero attached hydrogens (tertiary/aromatic N) is 3. The molecule has 0 atom stereocenters. The molecule has 2 aliphatic heterocycles. The zero-order chi connectivity index (χ0) is 10.1. The van der Waals surface area contributed by atoms with E-state index in [0.29, 0.717) is 0 Å². The van der Waals surface area contributed by atoms with Crippen molar-refractivity contribution in [3.8, 4) is 0 Å². The maximum Gasteiger partial charge on any atom is 0.136 e. The molecule has 3 rings (SSSR count). The summed E-state index contributed by atoms with van der Waals surface area (Å²) in [6, 6.07) is 0. The van der Waals surface area contributed by atoms with E-state index in [4.69, 9.17) is 4.74 Å². The predicted molar refractivity (Wildman–Crippen MR) is 55.6 cm³/mol. The van der Waals surface area contributed by atoms with E-state index in [1.54, 1.807) is 6.33 Å². The van der Waals surface area contributed by atoms with E-state index < -0.39 is 0 Å². The third-order valence-corrected chi connectivity index (χ3v) is 2.92. The monoisotopic (exact) mass is 206 g/mol. The van der Waals surface area contributed by atoms with Gasteiger partial charge in [-0.2, -0.15) is 0 Å². The summed E-state index contributed by atoms with van der Waals surface area (Å²) in [5, 5.41) is 3.31. The Balaban J connectivity index is 1.93.